The molecule has 0 rings (SSSR count). The van der Waals surface area contributed by atoms with Crippen molar-refractivity contribution in [2.75, 3.05) is 0 Å². The Labute approximate surface area is 105 Å². The summed E-state index contributed by atoms with van der Waals surface area (Å²) < 4.78 is 10.4. The van der Waals surface area contributed by atoms with Gasteiger partial charge in [-0.1, -0.05) is 6.08 Å². The van der Waals surface area contributed by atoms with Gasteiger partial charge in [0.2, 0.25) is 16.6 Å². The molecule has 0 aromatic rings. The fraction of sp³-hybridized carbons (Fsp3) is 0.636. The molecule has 0 bridgehead atoms. The Morgan fingerprint density at radius 1 is 0.941 bits per heavy atom. The molecule has 0 aromatic heterocycles. The minimum Gasteiger partial charge on any atom is -0.520 e. The number of carbonyl (C=O) groups excluding carboxylic acids is 2. The predicted octanol–water partition coefficient (Wildman–Crippen LogP) is 2.69. The molecule has 0 aliphatic heterocycles. The van der Waals surface area contributed by atoms with Gasteiger partial charge in [-0.2, -0.15) is 0 Å². The first-order valence-electron chi connectivity index (χ1n) is 5.61. The van der Waals surface area contributed by atoms with Gasteiger partial charge in [-0.15, -0.1) is 0 Å². The van der Waals surface area contributed by atoms with Gasteiger partial charge >= 0.3 is 5.97 Å². The fourth-order valence-corrected chi connectivity index (χ4v) is 2.41. The molecule has 98 valence electrons. The Kier molecular flexibility index (Phi) is 5.84. The van der Waals surface area contributed by atoms with Crippen LogP contribution in [0.15, 0.2) is 12.2 Å². The van der Waals surface area contributed by atoms with Crippen LogP contribution in [0.25, 0.3) is 0 Å². The second-order valence-corrected chi connectivity index (χ2v) is 14.6. The maximum atomic E-state index is 11.3. The molecule has 4 nitrogen and oxygen atoms in total. The van der Waals surface area contributed by atoms with E-state index in [1.54, 1.807) is 0 Å². The lowest BCUT2D eigenvalue weighted by atomic mass is 10.4. The molecule has 0 aromatic carbocycles. The molecule has 0 aliphatic carbocycles. The van der Waals surface area contributed by atoms with Crippen molar-refractivity contribution in [2.45, 2.75) is 45.7 Å². The van der Waals surface area contributed by atoms with Crippen molar-refractivity contribution in [1.82, 2.24) is 0 Å². The van der Waals surface area contributed by atoms with Gasteiger partial charge < -0.3 is 8.85 Å². The number of hydrogen-bond donors (Lipinski definition) is 0. The van der Waals surface area contributed by atoms with E-state index in [4.69, 9.17) is 8.85 Å². The quantitative estimate of drug-likeness (QED) is 0.571. The second kappa shape index (κ2) is 6.16. The summed E-state index contributed by atoms with van der Waals surface area (Å²) in [6.07, 6.45) is 2.90. The standard InChI is InChI=1S/C11H22O4Si2/c1-16(2,3)14-10(12)8-7-9-11(13)15-17(4,5)6/h7-8H,9H2,1-6H3. The van der Waals surface area contributed by atoms with Crippen molar-refractivity contribution in [3.05, 3.63) is 12.2 Å². The SMILES string of the molecule is C[Si](C)(C)OC(=O)C=CCC(=O)O[Si](C)(C)C. The lowest BCUT2D eigenvalue weighted by Gasteiger charge is -2.16. The molecule has 0 spiro atoms. The van der Waals surface area contributed by atoms with Gasteiger partial charge in [-0.05, 0) is 39.3 Å². The van der Waals surface area contributed by atoms with Gasteiger partial charge in [0.25, 0.3) is 5.97 Å². The van der Waals surface area contributed by atoms with E-state index in [1.165, 1.54) is 12.2 Å². The van der Waals surface area contributed by atoms with Crippen LogP contribution in [-0.4, -0.2) is 28.6 Å². The molecule has 0 unspecified atom stereocenters. The monoisotopic (exact) mass is 274 g/mol. The Morgan fingerprint density at radius 3 is 1.82 bits per heavy atom. The third kappa shape index (κ3) is 11.4. The first-order valence-corrected chi connectivity index (χ1v) is 12.4. The van der Waals surface area contributed by atoms with E-state index in [0.29, 0.717) is 0 Å². The van der Waals surface area contributed by atoms with Gasteiger partial charge in [-0.3, -0.25) is 4.79 Å². The normalized spacial score (nSPS) is 12.6. The zero-order chi connectivity index (χ0) is 13.7. The first-order chi connectivity index (χ1) is 7.49. The Bertz CT molecular complexity index is 310. The van der Waals surface area contributed by atoms with Gasteiger partial charge in [0.1, 0.15) is 0 Å². The third-order valence-corrected chi connectivity index (χ3v) is 3.02. The van der Waals surface area contributed by atoms with Crippen LogP contribution in [0, 0.1) is 0 Å². The average molecular weight is 274 g/mol. The van der Waals surface area contributed by atoms with Crippen molar-refractivity contribution in [3.63, 3.8) is 0 Å². The van der Waals surface area contributed by atoms with Crippen LogP contribution in [0.3, 0.4) is 0 Å². The highest BCUT2D eigenvalue weighted by molar-refractivity contribution is 6.71. The summed E-state index contributed by atoms with van der Waals surface area (Å²) >= 11 is 0. The van der Waals surface area contributed by atoms with Crippen LogP contribution in [0.4, 0.5) is 0 Å². The van der Waals surface area contributed by atoms with Crippen LogP contribution in [0.5, 0.6) is 0 Å². The zero-order valence-corrected chi connectivity index (χ0v) is 13.5. The van der Waals surface area contributed by atoms with Crippen molar-refractivity contribution in [3.8, 4) is 0 Å². The summed E-state index contributed by atoms with van der Waals surface area (Å²) in [4.78, 5) is 22.7. The average Bonchev–Trinajstić information content (AvgIpc) is 1.95. The largest absolute Gasteiger partial charge is 0.520 e. The molecular formula is C11H22O4Si2. The van der Waals surface area contributed by atoms with Crippen LogP contribution in [0.1, 0.15) is 6.42 Å². The van der Waals surface area contributed by atoms with E-state index in [1.807, 2.05) is 39.3 Å². The molecule has 6 heteroatoms. The molecule has 0 aliphatic rings. The topological polar surface area (TPSA) is 52.6 Å². The highest BCUT2D eigenvalue weighted by atomic mass is 28.4. The summed E-state index contributed by atoms with van der Waals surface area (Å²) in [6, 6.07) is 0. The summed E-state index contributed by atoms with van der Waals surface area (Å²) in [5.41, 5.74) is 0. The van der Waals surface area contributed by atoms with E-state index in [9.17, 15) is 9.59 Å². The predicted molar refractivity (Wildman–Crippen MR) is 72.6 cm³/mol. The summed E-state index contributed by atoms with van der Waals surface area (Å²) in [5, 5.41) is 0. The highest BCUT2D eigenvalue weighted by Crippen LogP contribution is 2.06. The lowest BCUT2D eigenvalue weighted by Crippen LogP contribution is -2.29. The minimum absolute atomic E-state index is 0.116. The van der Waals surface area contributed by atoms with Crippen LogP contribution in [-0.2, 0) is 18.4 Å². The van der Waals surface area contributed by atoms with Gasteiger partial charge in [0.05, 0.1) is 6.42 Å². The Morgan fingerprint density at radius 2 is 1.41 bits per heavy atom. The summed E-state index contributed by atoms with van der Waals surface area (Å²) in [6.45, 7) is 11.6. The summed E-state index contributed by atoms with van der Waals surface area (Å²) in [5.74, 6) is -0.675. The maximum Gasteiger partial charge on any atom is 0.317 e. The molecule has 17 heavy (non-hydrogen) atoms. The van der Waals surface area contributed by atoms with E-state index in [-0.39, 0.29) is 18.4 Å². The first kappa shape index (κ1) is 16.1. The molecule has 0 radical (unpaired) electrons. The maximum absolute atomic E-state index is 11.3. The molecule has 0 atom stereocenters. The van der Waals surface area contributed by atoms with E-state index in [0.717, 1.165) is 0 Å². The van der Waals surface area contributed by atoms with Crippen molar-refractivity contribution >= 4 is 28.6 Å². The third-order valence-electron chi connectivity index (χ3n) is 1.37. The van der Waals surface area contributed by atoms with Crippen molar-refractivity contribution < 1.29 is 18.4 Å². The number of rotatable bonds is 5. The van der Waals surface area contributed by atoms with E-state index < -0.39 is 16.6 Å². The van der Waals surface area contributed by atoms with Gasteiger partial charge in [-0.25, -0.2) is 4.79 Å². The smallest absolute Gasteiger partial charge is 0.317 e. The van der Waals surface area contributed by atoms with Gasteiger partial charge in [0.15, 0.2) is 0 Å². The molecule has 0 saturated heterocycles. The number of carbonyl (C=O) groups is 2. The molecule has 0 fully saturated rings. The van der Waals surface area contributed by atoms with Crippen LogP contribution >= 0.6 is 0 Å². The lowest BCUT2D eigenvalue weighted by molar-refractivity contribution is -0.134. The molecule has 0 amide bonds. The zero-order valence-electron chi connectivity index (χ0n) is 11.5. The molecule has 0 heterocycles. The molecule has 0 saturated carbocycles. The second-order valence-electron chi connectivity index (χ2n) is 5.73. The molecular weight excluding hydrogens is 252 g/mol. The van der Waals surface area contributed by atoms with Crippen molar-refractivity contribution in [2.24, 2.45) is 0 Å². The van der Waals surface area contributed by atoms with Crippen molar-refractivity contribution in [1.29, 1.82) is 0 Å². The van der Waals surface area contributed by atoms with Crippen LogP contribution in [0.2, 0.25) is 39.3 Å². The Balaban J connectivity index is 4.04. The van der Waals surface area contributed by atoms with E-state index in [2.05, 4.69) is 0 Å². The van der Waals surface area contributed by atoms with Crippen LogP contribution < -0.4 is 0 Å². The highest BCUT2D eigenvalue weighted by Gasteiger charge is 2.20. The minimum atomic E-state index is -1.85. The Hall–Kier alpha value is -0.886. The van der Waals surface area contributed by atoms with Gasteiger partial charge in [0, 0.05) is 6.08 Å². The van der Waals surface area contributed by atoms with E-state index >= 15 is 0 Å². The number of hydrogen-bond acceptors (Lipinski definition) is 4. The molecule has 0 N–H and O–H groups in total. The summed E-state index contributed by atoms with van der Waals surface area (Å²) in [7, 11) is -3.67. The fourth-order valence-electron chi connectivity index (χ4n) is 0.970.